The first-order valence-electron chi connectivity index (χ1n) is 1.68. The van der Waals surface area contributed by atoms with Crippen molar-refractivity contribution < 1.29 is 20.0 Å². The summed E-state index contributed by atoms with van der Waals surface area (Å²) < 4.78 is 0. The molecule has 0 saturated carbocycles. The van der Waals surface area contributed by atoms with E-state index in [9.17, 15) is 9.70 Å². The minimum absolute atomic E-state index is 0. The molecule has 0 unspecified atom stereocenters. The third kappa shape index (κ3) is 4.14. The minimum atomic E-state index is -0.731. The van der Waals surface area contributed by atoms with E-state index in [0.717, 1.165) is 0 Å². The Morgan fingerprint density at radius 3 is 2.00 bits per heavy atom. The molecule has 0 aromatic rings. The van der Waals surface area contributed by atoms with Crippen LogP contribution in [0.5, 0.6) is 0 Å². The number of hydrogen-bond donors (Lipinski definition) is 2. The summed E-state index contributed by atoms with van der Waals surface area (Å²) in [5.74, 6) is 0. The smallest absolute Gasteiger partial charge is 0.389 e. The predicted molar refractivity (Wildman–Crippen MR) is 27.9 cm³/mol. The number of rotatable bonds is 2. The zero-order valence-electron chi connectivity index (χ0n) is 4.81. The fraction of sp³-hybridized carbons (Fsp3) is 0. The van der Waals surface area contributed by atoms with Gasteiger partial charge in [-0.3, -0.25) is 4.79 Å². The number of hydrogen-bond acceptors (Lipinski definition) is 3. The van der Waals surface area contributed by atoms with Crippen molar-refractivity contribution in [2.45, 2.75) is 0 Å². The zero-order valence-corrected chi connectivity index (χ0v) is 6.81. The number of carbonyl (C=O) groups is 1. The van der Waals surface area contributed by atoms with Gasteiger partial charge in [0.2, 0.25) is 6.29 Å². The molecule has 1 radical (unpaired) electrons. The monoisotopic (exact) mass is 141 g/mol. The molecule has 0 rings (SSSR count). The Bertz CT molecular complexity index is 143. The van der Waals surface area contributed by atoms with Crippen LogP contribution in [0, 0.1) is 4.91 Å². The second-order valence-electron chi connectivity index (χ2n) is 0.945. The molecular formula is C3H4NNaO4+. The van der Waals surface area contributed by atoms with Gasteiger partial charge in [-0.05, 0) is 0 Å². The van der Waals surface area contributed by atoms with Crippen molar-refractivity contribution in [1.82, 2.24) is 0 Å². The Morgan fingerprint density at radius 2 is 2.00 bits per heavy atom. The predicted octanol–water partition coefficient (Wildman–Crippen LogP) is -0.628. The second-order valence-corrected chi connectivity index (χ2v) is 0.945. The average molecular weight is 141 g/mol. The standard InChI is InChI=1S/C3H3NO4.Na/c5-1-3(2-6)4(7)8;/h1-2H,(H-,5,6,7,8);/p+1. The van der Waals surface area contributed by atoms with Crippen LogP contribution in [0.3, 0.4) is 0 Å². The van der Waals surface area contributed by atoms with Crippen molar-refractivity contribution in [3.8, 4) is 0 Å². The van der Waals surface area contributed by atoms with Crippen molar-refractivity contribution in [1.29, 1.82) is 0 Å². The van der Waals surface area contributed by atoms with Crippen LogP contribution in [0.1, 0.15) is 0 Å². The molecule has 0 fully saturated rings. The van der Waals surface area contributed by atoms with E-state index in [0.29, 0.717) is 0 Å². The van der Waals surface area contributed by atoms with Crippen LogP contribution in [0.2, 0.25) is 0 Å². The number of nitrogens with zero attached hydrogens (tertiary/aromatic N) is 1. The molecule has 0 bridgehead atoms. The summed E-state index contributed by atoms with van der Waals surface area (Å²) in [7, 11) is 0. The van der Waals surface area contributed by atoms with Gasteiger partial charge in [-0.1, -0.05) is 0 Å². The number of allylic oxidation sites excluding steroid dienone is 1. The van der Waals surface area contributed by atoms with E-state index in [2.05, 4.69) is 0 Å². The van der Waals surface area contributed by atoms with Crippen molar-refractivity contribution in [3.05, 3.63) is 16.9 Å². The maximum Gasteiger partial charge on any atom is 0.389 e. The van der Waals surface area contributed by atoms with E-state index < -0.39 is 10.6 Å². The first-order chi connectivity index (χ1) is 3.72. The molecule has 6 heteroatoms. The molecule has 2 N–H and O–H groups in total. The van der Waals surface area contributed by atoms with Crippen molar-refractivity contribution in [2.24, 2.45) is 0 Å². The Hall–Kier alpha value is -0.390. The van der Waals surface area contributed by atoms with Crippen LogP contribution in [0.25, 0.3) is 0 Å². The normalized spacial score (nSPS) is 9.56. The third-order valence-corrected chi connectivity index (χ3v) is 0.474. The summed E-state index contributed by atoms with van der Waals surface area (Å²) in [6, 6.07) is 0. The van der Waals surface area contributed by atoms with E-state index in [1.807, 2.05) is 0 Å². The number of carbonyl (C=O) groups excluding carboxylic acids is 1. The molecule has 5 nitrogen and oxygen atoms in total. The molecule has 0 aliphatic rings. The average Bonchev–Trinajstić information content (AvgIpc) is 1.69. The molecule has 0 spiro atoms. The van der Waals surface area contributed by atoms with E-state index in [1.165, 1.54) is 0 Å². The van der Waals surface area contributed by atoms with Crippen LogP contribution in [-0.4, -0.2) is 51.1 Å². The van der Waals surface area contributed by atoms with Crippen LogP contribution in [0.15, 0.2) is 12.0 Å². The molecule has 0 saturated heterocycles. The zero-order chi connectivity index (χ0) is 6.57. The van der Waals surface area contributed by atoms with Crippen molar-refractivity contribution >= 4 is 35.8 Å². The molecule has 0 aliphatic carbocycles. The van der Waals surface area contributed by atoms with Gasteiger partial charge in [0.1, 0.15) is 0 Å². The first-order valence-corrected chi connectivity index (χ1v) is 1.68. The summed E-state index contributed by atoms with van der Waals surface area (Å²) in [6.07, 6.45) is 0.229. The van der Waals surface area contributed by atoms with Gasteiger partial charge >= 0.3 is 5.70 Å². The Labute approximate surface area is 72.8 Å². The molecule has 0 aromatic heterocycles. The van der Waals surface area contributed by atoms with Gasteiger partial charge in [0.25, 0.3) is 4.92 Å². The SMILES string of the molecule is O=C/C(=C\O)[N+](=O)O.[Na]. The third-order valence-electron chi connectivity index (χ3n) is 0.474. The largest absolute Gasteiger partial charge is 0.508 e. The summed E-state index contributed by atoms with van der Waals surface area (Å²) in [5.41, 5.74) is -0.731. The Morgan fingerprint density at radius 1 is 1.56 bits per heavy atom. The number of aldehydes is 1. The molecule has 0 amide bonds. The van der Waals surface area contributed by atoms with Gasteiger partial charge in [0.15, 0.2) is 6.26 Å². The molecule has 9 heavy (non-hydrogen) atoms. The summed E-state index contributed by atoms with van der Waals surface area (Å²) in [4.78, 5) is 18.4. The molecule has 0 heterocycles. The molecule has 0 aliphatic heterocycles. The van der Waals surface area contributed by atoms with Gasteiger partial charge < -0.3 is 5.11 Å². The van der Waals surface area contributed by atoms with Gasteiger partial charge in [0.05, 0.1) is 4.91 Å². The Balaban J connectivity index is 0. The molecule has 0 aromatic carbocycles. The van der Waals surface area contributed by atoms with Gasteiger partial charge in [-0.15, -0.1) is 0 Å². The van der Waals surface area contributed by atoms with Crippen molar-refractivity contribution in [2.75, 3.05) is 0 Å². The molecule has 45 valence electrons. The fourth-order valence-electron chi connectivity index (χ4n) is 0.125. The molecular weight excluding hydrogens is 137 g/mol. The van der Waals surface area contributed by atoms with Crippen LogP contribution < -0.4 is 0 Å². The van der Waals surface area contributed by atoms with Gasteiger partial charge in [-0.2, -0.15) is 0 Å². The van der Waals surface area contributed by atoms with Gasteiger partial charge in [-0.25, -0.2) is 5.21 Å². The summed E-state index contributed by atoms with van der Waals surface area (Å²) >= 11 is 0. The topological polar surface area (TPSA) is 77.6 Å². The summed E-state index contributed by atoms with van der Waals surface area (Å²) in [6.45, 7) is 0. The minimum Gasteiger partial charge on any atom is -0.508 e. The van der Waals surface area contributed by atoms with Crippen LogP contribution in [-0.2, 0) is 4.79 Å². The van der Waals surface area contributed by atoms with E-state index in [1.54, 1.807) is 0 Å². The van der Waals surface area contributed by atoms with Crippen LogP contribution in [0.4, 0.5) is 0 Å². The maximum absolute atomic E-state index is 9.62. The number of aliphatic hydroxyl groups is 1. The van der Waals surface area contributed by atoms with E-state index in [4.69, 9.17) is 10.3 Å². The summed E-state index contributed by atoms with van der Waals surface area (Å²) in [5, 5.41) is 15.7. The first kappa shape index (κ1) is 11.4. The Kier molecular flexibility index (Phi) is 7.28. The van der Waals surface area contributed by atoms with Gasteiger partial charge in [0, 0.05) is 29.6 Å². The fourth-order valence-corrected chi connectivity index (χ4v) is 0.125. The quantitative estimate of drug-likeness (QED) is 0.176. The maximum atomic E-state index is 9.62. The molecule has 0 atom stereocenters. The van der Waals surface area contributed by atoms with E-state index >= 15 is 0 Å². The number of aliphatic hydroxyl groups excluding tert-OH is 1. The van der Waals surface area contributed by atoms with Crippen LogP contribution >= 0.6 is 0 Å². The van der Waals surface area contributed by atoms with Crippen molar-refractivity contribution in [3.63, 3.8) is 0 Å². The second kappa shape index (κ2) is 5.74. The van der Waals surface area contributed by atoms with E-state index in [-0.39, 0.29) is 42.1 Å².